The van der Waals surface area contributed by atoms with Crippen LogP contribution >= 0.6 is 11.6 Å². The van der Waals surface area contributed by atoms with E-state index in [0.717, 1.165) is 10.5 Å². The summed E-state index contributed by atoms with van der Waals surface area (Å²) in [6.45, 7) is 2.58. The van der Waals surface area contributed by atoms with Crippen LogP contribution in [0.1, 0.15) is 35.3 Å². The predicted octanol–water partition coefficient (Wildman–Crippen LogP) is 7.97. The Kier molecular flexibility index (Phi) is 9.19. The predicted molar refractivity (Wildman–Crippen MR) is 150 cm³/mol. The molecule has 0 bridgehead atoms. The molecular formula is C30H25ClF6N4O2. The molecule has 43 heavy (non-hydrogen) atoms. The Labute approximate surface area is 247 Å². The Morgan fingerprint density at radius 1 is 0.884 bits per heavy atom. The number of nitrogens with one attached hydrogen (secondary N) is 1. The molecule has 0 aliphatic carbocycles. The Morgan fingerprint density at radius 3 is 2.02 bits per heavy atom. The molecule has 2 amide bonds. The first kappa shape index (κ1) is 31.6. The van der Waals surface area contributed by atoms with Gasteiger partial charge in [0.1, 0.15) is 12.4 Å². The lowest BCUT2D eigenvalue weighted by molar-refractivity contribution is -0.143. The molecule has 0 atom stereocenters. The standard InChI is InChI=1S/C30H25ClF6N4O2/c1-18(2)16-40(28(43)20-12-21(29(32,33)34)14-22(13-20)30(35,36)37)17-27(42)38-26-15-24(19-8-4-3-5-9-19)39-41(26)25-11-7-6-10-23(25)31/h3-15,18H,16-17H2,1-2H3,(H,38,42). The lowest BCUT2D eigenvalue weighted by atomic mass is 10.0. The van der Waals surface area contributed by atoms with Crippen molar-refractivity contribution in [3.8, 4) is 16.9 Å². The molecule has 1 N–H and O–H groups in total. The summed E-state index contributed by atoms with van der Waals surface area (Å²) >= 11 is 6.38. The molecule has 3 aromatic carbocycles. The summed E-state index contributed by atoms with van der Waals surface area (Å²) < 4.78 is 81.9. The molecule has 0 spiro atoms. The lowest BCUT2D eigenvalue weighted by Crippen LogP contribution is -2.40. The summed E-state index contributed by atoms with van der Waals surface area (Å²) in [6.07, 6.45) is -10.3. The normalized spacial score (nSPS) is 12.0. The summed E-state index contributed by atoms with van der Waals surface area (Å²) in [5.41, 5.74) is -2.46. The molecule has 6 nitrogen and oxygen atoms in total. The fourth-order valence-electron chi connectivity index (χ4n) is 4.30. The zero-order valence-electron chi connectivity index (χ0n) is 22.8. The van der Waals surface area contributed by atoms with Gasteiger partial charge >= 0.3 is 12.4 Å². The minimum absolute atomic E-state index is 0.0591. The number of hydrogen-bond donors (Lipinski definition) is 1. The second-order valence-electron chi connectivity index (χ2n) is 10.1. The number of carbonyl (C=O) groups excluding carboxylic acids is 2. The van der Waals surface area contributed by atoms with E-state index in [9.17, 15) is 35.9 Å². The van der Waals surface area contributed by atoms with Gasteiger partial charge in [0.15, 0.2) is 0 Å². The summed E-state index contributed by atoms with van der Waals surface area (Å²) in [6, 6.07) is 18.0. The summed E-state index contributed by atoms with van der Waals surface area (Å²) in [7, 11) is 0. The number of para-hydroxylation sites is 1. The molecule has 0 radical (unpaired) electrons. The number of hydrogen-bond acceptors (Lipinski definition) is 3. The van der Waals surface area contributed by atoms with Crippen LogP contribution in [-0.4, -0.2) is 39.6 Å². The van der Waals surface area contributed by atoms with E-state index in [2.05, 4.69) is 10.4 Å². The van der Waals surface area contributed by atoms with Crippen molar-refractivity contribution in [1.82, 2.24) is 14.7 Å². The van der Waals surface area contributed by atoms with Crippen LogP contribution in [0.15, 0.2) is 78.9 Å². The maximum Gasteiger partial charge on any atom is 0.416 e. The molecule has 0 fully saturated rings. The highest BCUT2D eigenvalue weighted by molar-refractivity contribution is 6.32. The first-order valence-electron chi connectivity index (χ1n) is 12.9. The van der Waals surface area contributed by atoms with Gasteiger partial charge in [-0.2, -0.15) is 31.4 Å². The number of halogens is 7. The number of rotatable bonds is 8. The van der Waals surface area contributed by atoms with Crippen LogP contribution in [0.2, 0.25) is 5.02 Å². The average Bonchev–Trinajstić information content (AvgIpc) is 3.34. The second-order valence-corrected chi connectivity index (χ2v) is 10.5. The van der Waals surface area contributed by atoms with E-state index in [1.54, 1.807) is 68.4 Å². The number of benzene rings is 3. The number of nitrogens with zero attached hydrogens (tertiary/aromatic N) is 3. The molecule has 0 unspecified atom stereocenters. The van der Waals surface area contributed by atoms with Gasteiger partial charge in [-0.3, -0.25) is 9.59 Å². The fourth-order valence-corrected chi connectivity index (χ4v) is 4.52. The van der Waals surface area contributed by atoms with Crippen LogP contribution in [0.5, 0.6) is 0 Å². The highest BCUT2D eigenvalue weighted by atomic mass is 35.5. The Balaban J connectivity index is 1.67. The first-order chi connectivity index (χ1) is 20.1. The van der Waals surface area contributed by atoms with Gasteiger partial charge in [-0.05, 0) is 36.2 Å². The van der Waals surface area contributed by atoms with Crippen molar-refractivity contribution in [2.75, 3.05) is 18.4 Å². The third-order valence-electron chi connectivity index (χ3n) is 6.17. The highest BCUT2D eigenvalue weighted by Gasteiger charge is 2.38. The van der Waals surface area contributed by atoms with Gasteiger partial charge in [-0.1, -0.05) is 67.9 Å². The number of anilines is 1. The third kappa shape index (κ3) is 7.75. The smallest absolute Gasteiger partial charge is 0.329 e. The van der Waals surface area contributed by atoms with Crippen LogP contribution in [0.4, 0.5) is 32.2 Å². The van der Waals surface area contributed by atoms with Crippen LogP contribution < -0.4 is 5.32 Å². The number of aromatic nitrogens is 2. The largest absolute Gasteiger partial charge is 0.416 e. The van der Waals surface area contributed by atoms with E-state index in [1.807, 2.05) is 6.07 Å². The molecule has 0 aliphatic heterocycles. The maximum absolute atomic E-state index is 13.4. The monoisotopic (exact) mass is 622 g/mol. The van der Waals surface area contributed by atoms with E-state index in [4.69, 9.17) is 11.6 Å². The zero-order chi connectivity index (χ0) is 31.5. The molecule has 1 aromatic heterocycles. The fraction of sp³-hybridized carbons (Fsp3) is 0.233. The van der Waals surface area contributed by atoms with Gasteiger partial charge in [0.25, 0.3) is 5.91 Å². The number of carbonyl (C=O) groups is 2. The van der Waals surface area contributed by atoms with Gasteiger partial charge in [0.05, 0.1) is 27.5 Å². The maximum atomic E-state index is 13.4. The number of amides is 2. The van der Waals surface area contributed by atoms with E-state index >= 15 is 0 Å². The summed E-state index contributed by atoms with van der Waals surface area (Å²) in [4.78, 5) is 27.5. The van der Waals surface area contributed by atoms with Crippen molar-refractivity contribution >= 4 is 29.2 Å². The third-order valence-corrected chi connectivity index (χ3v) is 6.49. The zero-order valence-corrected chi connectivity index (χ0v) is 23.6. The van der Waals surface area contributed by atoms with E-state index in [0.29, 0.717) is 28.5 Å². The Morgan fingerprint density at radius 2 is 1.47 bits per heavy atom. The van der Waals surface area contributed by atoms with Gasteiger partial charge < -0.3 is 10.2 Å². The summed E-state index contributed by atoms with van der Waals surface area (Å²) in [5.74, 6) is -2.02. The molecule has 4 rings (SSSR count). The minimum atomic E-state index is -5.13. The Bertz CT molecular complexity index is 1580. The Hall–Kier alpha value is -4.32. The molecule has 0 aliphatic rings. The van der Waals surface area contributed by atoms with Gasteiger partial charge in [0, 0.05) is 23.7 Å². The van der Waals surface area contributed by atoms with Crippen LogP contribution in [0.25, 0.3) is 16.9 Å². The van der Waals surface area contributed by atoms with Crippen molar-refractivity contribution in [3.63, 3.8) is 0 Å². The van der Waals surface area contributed by atoms with Crippen molar-refractivity contribution in [2.45, 2.75) is 26.2 Å². The van der Waals surface area contributed by atoms with Crippen LogP contribution in [0, 0.1) is 5.92 Å². The molecule has 4 aromatic rings. The second kappa shape index (κ2) is 12.5. The minimum Gasteiger partial charge on any atom is -0.329 e. The molecule has 13 heteroatoms. The average molecular weight is 623 g/mol. The molecule has 1 heterocycles. The van der Waals surface area contributed by atoms with Crippen LogP contribution in [0.3, 0.4) is 0 Å². The molecule has 226 valence electrons. The summed E-state index contributed by atoms with van der Waals surface area (Å²) in [5, 5.41) is 7.54. The topological polar surface area (TPSA) is 67.2 Å². The first-order valence-corrected chi connectivity index (χ1v) is 13.3. The van der Waals surface area contributed by atoms with E-state index < -0.39 is 47.4 Å². The van der Waals surface area contributed by atoms with Gasteiger partial charge in [-0.15, -0.1) is 0 Å². The van der Waals surface area contributed by atoms with Crippen molar-refractivity contribution in [2.24, 2.45) is 5.92 Å². The van der Waals surface area contributed by atoms with Crippen LogP contribution in [-0.2, 0) is 17.1 Å². The number of alkyl halides is 6. The van der Waals surface area contributed by atoms with Crippen molar-refractivity contribution in [1.29, 1.82) is 0 Å². The molecular weight excluding hydrogens is 598 g/mol. The van der Waals surface area contributed by atoms with Crippen molar-refractivity contribution < 1.29 is 35.9 Å². The molecule has 0 saturated carbocycles. The van der Waals surface area contributed by atoms with Gasteiger partial charge in [-0.25, -0.2) is 4.68 Å². The quantitative estimate of drug-likeness (QED) is 0.203. The molecule has 0 saturated heterocycles. The van der Waals surface area contributed by atoms with Gasteiger partial charge in [0.2, 0.25) is 5.91 Å². The van der Waals surface area contributed by atoms with E-state index in [-0.39, 0.29) is 24.3 Å². The van der Waals surface area contributed by atoms with Crippen molar-refractivity contribution in [3.05, 3.63) is 101 Å². The SMILES string of the molecule is CC(C)CN(CC(=O)Nc1cc(-c2ccccc2)nn1-c1ccccc1Cl)C(=O)c1cc(C(F)(F)F)cc(C(F)(F)F)c1. The van der Waals surface area contributed by atoms with E-state index in [1.165, 1.54) is 4.68 Å². The lowest BCUT2D eigenvalue weighted by Gasteiger charge is -2.25. The highest BCUT2D eigenvalue weighted by Crippen LogP contribution is 2.36.